The van der Waals surface area contributed by atoms with E-state index in [4.69, 9.17) is 4.74 Å². The molecule has 33 heavy (non-hydrogen) atoms. The average Bonchev–Trinajstić information content (AvgIpc) is 3.01. The zero-order valence-corrected chi connectivity index (χ0v) is 17.8. The number of carbonyl (C=O) groups excluding carboxylic acids is 3. The predicted molar refractivity (Wildman–Crippen MR) is 111 cm³/mol. The number of halogens is 4. The Hall–Kier alpha value is -3.54. The highest BCUT2D eigenvalue weighted by Gasteiger charge is 2.34. The Morgan fingerprint density at radius 2 is 1.91 bits per heavy atom. The lowest BCUT2D eigenvalue weighted by molar-refractivity contribution is -0.122. The number of ether oxygens (including phenoxy) is 2. The number of rotatable bonds is 8. The Morgan fingerprint density at radius 3 is 2.58 bits per heavy atom. The van der Waals surface area contributed by atoms with Gasteiger partial charge in [-0.05, 0) is 47.7 Å². The monoisotopic (exact) mass is 484 g/mol. The van der Waals surface area contributed by atoms with Crippen LogP contribution in [0.15, 0.2) is 41.3 Å². The van der Waals surface area contributed by atoms with Gasteiger partial charge in [-0.2, -0.15) is 8.78 Å². The lowest BCUT2D eigenvalue weighted by Crippen LogP contribution is -2.37. The van der Waals surface area contributed by atoms with Gasteiger partial charge in [0.1, 0.15) is 11.6 Å². The number of amides is 3. The number of alkyl halides is 2. The number of methoxy groups -OCH3 is 1. The zero-order valence-electron chi connectivity index (χ0n) is 16.9. The standard InChI is InChI=1S/C21H16F4N2O5S/c1-31-16-8-11(2-5-15(16)32-20(24)25)9-17-19(29)27(21(30)33-17)7-6-26-18(28)13-4-3-12(22)10-14(13)23/h2-5,8-10,20H,6-7H2,1H3,(H,26,28)/b17-9-. The molecule has 0 spiro atoms. The highest BCUT2D eigenvalue weighted by molar-refractivity contribution is 8.18. The van der Waals surface area contributed by atoms with Crippen molar-refractivity contribution in [3.63, 3.8) is 0 Å². The molecule has 1 saturated heterocycles. The summed E-state index contributed by atoms with van der Waals surface area (Å²) in [6.07, 6.45) is 1.38. The third-order valence-corrected chi connectivity index (χ3v) is 5.28. The van der Waals surface area contributed by atoms with Crippen molar-refractivity contribution in [2.24, 2.45) is 0 Å². The van der Waals surface area contributed by atoms with Crippen LogP contribution in [0, 0.1) is 11.6 Å². The Morgan fingerprint density at radius 1 is 1.15 bits per heavy atom. The number of hydrogen-bond acceptors (Lipinski definition) is 6. The normalized spacial score (nSPS) is 14.8. The molecule has 3 amide bonds. The maximum absolute atomic E-state index is 13.7. The highest BCUT2D eigenvalue weighted by Crippen LogP contribution is 2.34. The molecule has 0 unspecified atom stereocenters. The van der Waals surface area contributed by atoms with Gasteiger partial charge < -0.3 is 14.8 Å². The number of nitrogens with one attached hydrogen (secondary N) is 1. The summed E-state index contributed by atoms with van der Waals surface area (Å²) in [6, 6.07) is 6.49. The summed E-state index contributed by atoms with van der Waals surface area (Å²) in [5.41, 5.74) is 0.0257. The van der Waals surface area contributed by atoms with Gasteiger partial charge in [-0.15, -0.1) is 0 Å². The molecule has 0 saturated carbocycles. The first kappa shape index (κ1) is 24.1. The maximum Gasteiger partial charge on any atom is 0.387 e. The Labute approximate surface area is 189 Å². The Balaban J connectivity index is 1.64. The van der Waals surface area contributed by atoms with Crippen LogP contribution in [-0.4, -0.2) is 48.8 Å². The number of nitrogens with zero attached hydrogens (tertiary/aromatic N) is 1. The Kier molecular flexibility index (Phi) is 7.59. The van der Waals surface area contributed by atoms with Gasteiger partial charge in [0, 0.05) is 19.2 Å². The predicted octanol–water partition coefficient (Wildman–Crippen LogP) is 4.04. The molecule has 1 heterocycles. The van der Waals surface area contributed by atoms with Crippen LogP contribution in [0.5, 0.6) is 11.5 Å². The van der Waals surface area contributed by atoms with Crippen molar-refractivity contribution < 1.29 is 41.4 Å². The minimum Gasteiger partial charge on any atom is -0.493 e. The lowest BCUT2D eigenvalue weighted by Gasteiger charge is -2.13. The summed E-state index contributed by atoms with van der Waals surface area (Å²) >= 11 is 0.656. The maximum atomic E-state index is 13.7. The Bertz CT molecular complexity index is 1130. The minimum absolute atomic E-state index is 0.0130. The molecule has 0 bridgehead atoms. The summed E-state index contributed by atoms with van der Waals surface area (Å²) in [5, 5.41) is 1.78. The molecule has 0 aromatic heterocycles. The molecule has 2 aromatic carbocycles. The fourth-order valence-electron chi connectivity index (χ4n) is 2.86. The fourth-order valence-corrected chi connectivity index (χ4v) is 3.73. The second kappa shape index (κ2) is 10.4. The molecule has 0 radical (unpaired) electrons. The molecule has 0 atom stereocenters. The first-order valence-corrected chi connectivity index (χ1v) is 10.1. The van der Waals surface area contributed by atoms with E-state index in [9.17, 15) is 31.9 Å². The van der Waals surface area contributed by atoms with E-state index in [0.29, 0.717) is 23.4 Å². The van der Waals surface area contributed by atoms with E-state index in [0.717, 1.165) is 17.0 Å². The molecular weight excluding hydrogens is 468 g/mol. The van der Waals surface area contributed by atoms with Crippen LogP contribution in [0.1, 0.15) is 15.9 Å². The number of carbonyl (C=O) groups is 3. The third-order valence-electron chi connectivity index (χ3n) is 4.37. The van der Waals surface area contributed by atoms with E-state index >= 15 is 0 Å². The van der Waals surface area contributed by atoms with E-state index in [1.807, 2.05) is 0 Å². The molecule has 2 aromatic rings. The molecular formula is C21H16F4N2O5S. The van der Waals surface area contributed by atoms with Gasteiger partial charge in [0.2, 0.25) is 0 Å². The minimum atomic E-state index is -3.04. The summed E-state index contributed by atoms with van der Waals surface area (Å²) < 4.78 is 60.9. The van der Waals surface area contributed by atoms with Gasteiger partial charge in [0.15, 0.2) is 11.5 Å². The van der Waals surface area contributed by atoms with Crippen LogP contribution in [0.25, 0.3) is 6.08 Å². The quantitative estimate of drug-likeness (QED) is 0.450. The highest BCUT2D eigenvalue weighted by atomic mass is 32.2. The second-order valence-corrected chi connectivity index (χ2v) is 7.50. The smallest absolute Gasteiger partial charge is 0.387 e. The number of imide groups is 1. The first-order chi connectivity index (χ1) is 15.7. The van der Waals surface area contributed by atoms with Gasteiger partial charge in [-0.1, -0.05) is 6.07 Å². The van der Waals surface area contributed by atoms with Crippen LogP contribution in [-0.2, 0) is 4.79 Å². The summed E-state index contributed by atoms with van der Waals surface area (Å²) in [7, 11) is 1.26. The van der Waals surface area contributed by atoms with Crippen LogP contribution < -0.4 is 14.8 Å². The first-order valence-electron chi connectivity index (χ1n) is 9.31. The van der Waals surface area contributed by atoms with Gasteiger partial charge in [-0.25, -0.2) is 8.78 Å². The lowest BCUT2D eigenvalue weighted by atomic mass is 10.2. The van der Waals surface area contributed by atoms with Gasteiger partial charge in [0.25, 0.3) is 17.1 Å². The molecule has 1 fully saturated rings. The van der Waals surface area contributed by atoms with Crippen molar-refractivity contribution >= 4 is 34.9 Å². The molecule has 7 nitrogen and oxygen atoms in total. The van der Waals surface area contributed by atoms with Crippen molar-refractivity contribution in [1.29, 1.82) is 0 Å². The topological polar surface area (TPSA) is 84.9 Å². The van der Waals surface area contributed by atoms with Crippen molar-refractivity contribution in [1.82, 2.24) is 10.2 Å². The number of benzene rings is 2. The van der Waals surface area contributed by atoms with Crippen LogP contribution in [0.2, 0.25) is 0 Å². The molecule has 1 aliphatic heterocycles. The summed E-state index contributed by atoms with van der Waals surface area (Å²) in [6.45, 7) is -3.38. The number of thioether (sulfide) groups is 1. The van der Waals surface area contributed by atoms with Gasteiger partial charge in [-0.3, -0.25) is 19.3 Å². The van der Waals surface area contributed by atoms with Crippen LogP contribution >= 0.6 is 11.8 Å². The number of hydrogen-bond donors (Lipinski definition) is 1. The van der Waals surface area contributed by atoms with Gasteiger partial charge in [0.05, 0.1) is 17.6 Å². The van der Waals surface area contributed by atoms with Gasteiger partial charge >= 0.3 is 6.61 Å². The molecule has 1 N–H and O–H groups in total. The largest absolute Gasteiger partial charge is 0.493 e. The molecule has 1 aliphatic rings. The van der Waals surface area contributed by atoms with Crippen molar-refractivity contribution in [3.8, 4) is 11.5 Å². The zero-order chi connectivity index (χ0) is 24.1. The van der Waals surface area contributed by atoms with Crippen molar-refractivity contribution in [3.05, 3.63) is 64.1 Å². The van der Waals surface area contributed by atoms with E-state index in [-0.39, 0.29) is 35.1 Å². The SMILES string of the molecule is COc1cc(/C=C2\SC(=O)N(CCNC(=O)c3ccc(F)cc3F)C2=O)ccc1OC(F)F. The molecule has 12 heteroatoms. The van der Waals surface area contributed by atoms with E-state index in [1.165, 1.54) is 31.4 Å². The van der Waals surface area contributed by atoms with Crippen LogP contribution in [0.4, 0.5) is 22.4 Å². The van der Waals surface area contributed by atoms with Crippen molar-refractivity contribution in [2.45, 2.75) is 6.61 Å². The van der Waals surface area contributed by atoms with Crippen LogP contribution in [0.3, 0.4) is 0 Å². The molecule has 174 valence electrons. The second-order valence-electron chi connectivity index (χ2n) is 6.50. The summed E-state index contributed by atoms with van der Waals surface area (Å²) in [4.78, 5) is 37.8. The van der Waals surface area contributed by atoms with Crippen molar-refractivity contribution in [2.75, 3.05) is 20.2 Å². The molecule has 3 rings (SSSR count). The average molecular weight is 484 g/mol. The summed E-state index contributed by atoms with van der Waals surface area (Å²) in [5.74, 6) is -3.50. The van der Waals surface area contributed by atoms with E-state index in [2.05, 4.69) is 10.1 Å². The van der Waals surface area contributed by atoms with E-state index in [1.54, 1.807) is 0 Å². The fraction of sp³-hybridized carbons (Fsp3) is 0.190. The van der Waals surface area contributed by atoms with E-state index < -0.39 is 35.3 Å². The molecule has 0 aliphatic carbocycles. The third kappa shape index (κ3) is 5.83.